The number of hydrogen-bond donors (Lipinski definition) is 2. The summed E-state index contributed by atoms with van der Waals surface area (Å²) in [5, 5.41) is 7.28. The van der Waals surface area contributed by atoms with Crippen molar-refractivity contribution >= 4 is 34.4 Å². The molecule has 2 saturated heterocycles. The molecular weight excluding hydrogens is 495 g/mol. The fraction of sp³-hybridized carbons (Fsp3) is 0.586. The molecule has 1 spiro atoms. The monoisotopic (exact) mass is 532 g/mol. The maximum absolute atomic E-state index is 13.5. The normalized spacial score (nSPS) is 22.7. The summed E-state index contributed by atoms with van der Waals surface area (Å²) < 4.78 is 15.7. The molecule has 3 aromatic rings. The van der Waals surface area contributed by atoms with Crippen LogP contribution in [0.2, 0.25) is 0 Å². The van der Waals surface area contributed by atoms with Crippen LogP contribution in [-0.4, -0.2) is 75.3 Å². The second-order valence-electron chi connectivity index (χ2n) is 11.8. The molecule has 0 atom stereocenters. The molecule has 1 aliphatic carbocycles. The number of amides is 1. The van der Waals surface area contributed by atoms with Crippen molar-refractivity contribution in [3.63, 3.8) is 0 Å². The van der Waals surface area contributed by atoms with Crippen molar-refractivity contribution in [1.82, 2.24) is 29.7 Å². The van der Waals surface area contributed by atoms with Gasteiger partial charge in [0.05, 0.1) is 17.4 Å². The van der Waals surface area contributed by atoms with E-state index in [9.17, 15) is 9.18 Å². The van der Waals surface area contributed by atoms with Crippen LogP contribution < -0.4 is 15.5 Å². The lowest BCUT2D eigenvalue weighted by Crippen LogP contribution is -2.52. The lowest BCUT2D eigenvalue weighted by molar-refractivity contribution is 0.0833. The number of aromatic nitrogens is 4. The Kier molecular flexibility index (Phi) is 6.37. The summed E-state index contributed by atoms with van der Waals surface area (Å²) >= 11 is 0. The molecule has 0 aromatic carbocycles. The van der Waals surface area contributed by atoms with E-state index in [0.717, 1.165) is 81.4 Å². The van der Waals surface area contributed by atoms with Gasteiger partial charge in [-0.1, -0.05) is 19.3 Å². The van der Waals surface area contributed by atoms with Crippen LogP contribution in [0.15, 0.2) is 30.6 Å². The fourth-order valence-corrected chi connectivity index (χ4v) is 7.21. The minimum Gasteiger partial charge on any atom is -0.370 e. The Hall–Kier alpha value is -3.27. The largest absolute Gasteiger partial charge is 0.370 e. The highest BCUT2D eigenvalue weighted by Gasteiger charge is 2.41. The second-order valence-corrected chi connectivity index (χ2v) is 11.8. The van der Waals surface area contributed by atoms with Crippen molar-refractivity contribution in [3.05, 3.63) is 36.3 Å². The summed E-state index contributed by atoms with van der Waals surface area (Å²) in [5.41, 5.74) is 2.51. The smallest absolute Gasteiger partial charge is 0.268 e. The fourth-order valence-electron chi connectivity index (χ4n) is 7.21. The Morgan fingerprint density at radius 2 is 1.77 bits per heavy atom. The van der Waals surface area contributed by atoms with Crippen LogP contribution >= 0.6 is 0 Å². The number of pyridine rings is 1. The standard InChI is InChI=1S/C29H37FN8O/c30-21-6-12-36(13-7-21)22-8-14-37(15-9-22)23-4-5-25(31-18-23)34-28-32-17-20-16-24-27(39)33-19-29(10-2-1-3-11-29)38(24)26(20)35-28/h4-5,16-18,21-22H,1-3,6-15,19H2,(H,33,39)(H,31,32,34,35). The third kappa shape index (κ3) is 4.62. The van der Waals surface area contributed by atoms with Crippen molar-refractivity contribution in [2.24, 2.45) is 0 Å². The number of carbonyl (C=O) groups excluding carboxylic acids is 1. The van der Waals surface area contributed by atoms with E-state index in [1.807, 2.05) is 18.3 Å². The van der Waals surface area contributed by atoms with Crippen molar-refractivity contribution in [1.29, 1.82) is 0 Å². The zero-order valence-electron chi connectivity index (χ0n) is 22.4. The van der Waals surface area contributed by atoms with Crippen LogP contribution in [0.4, 0.5) is 21.8 Å². The molecule has 7 rings (SSSR count). The number of nitrogens with zero attached hydrogens (tertiary/aromatic N) is 6. The summed E-state index contributed by atoms with van der Waals surface area (Å²) in [6.45, 7) is 4.42. The van der Waals surface area contributed by atoms with Crippen LogP contribution in [0.25, 0.3) is 11.0 Å². The first-order valence-electron chi connectivity index (χ1n) is 14.6. The number of anilines is 3. The van der Waals surface area contributed by atoms with Crippen LogP contribution in [0.5, 0.6) is 0 Å². The number of fused-ring (bicyclic) bond motifs is 4. The Morgan fingerprint density at radius 3 is 2.51 bits per heavy atom. The van der Waals surface area contributed by atoms with Gasteiger partial charge in [-0.3, -0.25) is 4.79 Å². The van der Waals surface area contributed by atoms with E-state index in [2.05, 4.69) is 41.0 Å². The maximum Gasteiger partial charge on any atom is 0.268 e. The molecule has 4 aliphatic rings. The van der Waals surface area contributed by atoms with Gasteiger partial charge in [0.15, 0.2) is 0 Å². The van der Waals surface area contributed by atoms with E-state index in [1.165, 1.54) is 6.42 Å². The van der Waals surface area contributed by atoms with E-state index in [1.54, 1.807) is 6.20 Å². The number of alkyl halides is 1. The minimum absolute atomic E-state index is 0.0377. The molecule has 9 nitrogen and oxygen atoms in total. The average Bonchev–Trinajstić information content (AvgIpc) is 3.37. The SMILES string of the molecule is O=C1NCC2(CCCCC2)n2c1cc1cnc(Nc3ccc(N4CCC(N5CCC(F)CC5)CC4)cn3)nc12. The van der Waals surface area contributed by atoms with Crippen LogP contribution in [0.1, 0.15) is 68.3 Å². The molecule has 39 heavy (non-hydrogen) atoms. The molecule has 0 radical (unpaired) electrons. The van der Waals surface area contributed by atoms with Gasteiger partial charge in [-0.15, -0.1) is 0 Å². The first-order chi connectivity index (χ1) is 19.1. The van der Waals surface area contributed by atoms with Crippen LogP contribution in [-0.2, 0) is 5.54 Å². The molecule has 3 aliphatic heterocycles. The maximum atomic E-state index is 13.5. The number of carbonyl (C=O) groups is 1. The number of piperidine rings is 2. The number of nitrogens with one attached hydrogen (secondary N) is 2. The Morgan fingerprint density at radius 1 is 0.974 bits per heavy atom. The van der Waals surface area contributed by atoms with Gasteiger partial charge in [0.2, 0.25) is 5.95 Å². The highest BCUT2D eigenvalue weighted by Crippen LogP contribution is 2.40. The molecule has 10 heteroatoms. The predicted molar refractivity (Wildman–Crippen MR) is 149 cm³/mol. The number of hydrogen-bond acceptors (Lipinski definition) is 7. The number of rotatable bonds is 4. The summed E-state index contributed by atoms with van der Waals surface area (Å²) in [7, 11) is 0. The third-order valence-electron chi connectivity index (χ3n) is 9.40. The van der Waals surface area contributed by atoms with Gasteiger partial charge in [0.1, 0.15) is 23.3 Å². The Bertz CT molecular complexity index is 1340. The second kappa shape index (κ2) is 10.0. The summed E-state index contributed by atoms with van der Waals surface area (Å²) in [6.07, 6.45) is 12.3. The molecule has 2 N–H and O–H groups in total. The molecule has 206 valence electrons. The van der Waals surface area contributed by atoms with Gasteiger partial charge in [0, 0.05) is 50.3 Å². The van der Waals surface area contributed by atoms with E-state index in [4.69, 9.17) is 4.98 Å². The molecule has 1 amide bonds. The van der Waals surface area contributed by atoms with Crippen molar-refractivity contribution in [2.45, 2.75) is 75.5 Å². The molecular formula is C29H37FN8O. The van der Waals surface area contributed by atoms with Gasteiger partial charge >= 0.3 is 0 Å². The Balaban J connectivity index is 1.05. The molecule has 3 fully saturated rings. The van der Waals surface area contributed by atoms with Crippen molar-refractivity contribution < 1.29 is 9.18 Å². The van der Waals surface area contributed by atoms with E-state index < -0.39 is 6.17 Å². The summed E-state index contributed by atoms with van der Waals surface area (Å²) in [5.74, 6) is 1.14. The van der Waals surface area contributed by atoms with Crippen molar-refractivity contribution in [3.8, 4) is 0 Å². The molecule has 1 saturated carbocycles. The number of halogens is 1. The quantitative estimate of drug-likeness (QED) is 0.516. The first-order valence-corrected chi connectivity index (χ1v) is 14.6. The molecule has 3 aromatic heterocycles. The summed E-state index contributed by atoms with van der Waals surface area (Å²) in [6, 6.07) is 6.56. The van der Waals surface area contributed by atoms with Crippen LogP contribution in [0, 0.1) is 0 Å². The lowest BCUT2D eigenvalue weighted by Gasteiger charge is -2.42. The topological polar surface area (TPSA) is 91.2 Å². The Labute approximate surface area is 228 Å². The van der Waals surface area contributed by atoms with E-state index >= 15 is 0 Å². The predicted octanol–water partition coefficient (Wildman–Crippen LogP) is 4.38. The van der Waals surface area contributed by atoms with Crippen LogP contribution in [0.3, 0.4) is 0 Å². The summed E-state index contributed by atoms with van der Waals surface area (Å²) in [4.78, 5) is 31.6. The van der Waals surface area contributed by atoms with E-state index in [0.29, 0.717) is 42.9 Å². The van der Waals surface area contributed by atoms with E-state index in [-0.39, 0.29) is 11.4 Å². The van der Waals surface area contributed by atoms with Crippen molar-refractivity contribution in [2.75, 3.05) is 42.9 Å². The minimum atomic E-state index is -0.615. The highest BCUT2D eigenvalue weighted by atomic mass is 19.1. The van der Waals surface area contributed by atoms with Gasteiger partial charge in [0.25, 0.3) is 5.91 Å². The third-order valence-corrected chi connectivity index (χ3v) is 9.40. The zero-order valence-corrected chi connectivity index (χ0v) is 22.4. The number of likely N-dealkylation sites (tertiary alicyclic amines) is 1. The molecule has 0 unspecified atom stereocenters. The highest BCUT2D eigenvalue weighted by molar-refractivity contribution is 5.99. The van der Waals surface area contributed by atoms with Gasteiger partial charge in [-0.2, -0.15) is 4.98 Å². The van der Waals surface area contributed by atoms with Gasteiger partial charge in [-0.25, -0.2) is 14.4 Å². The van der Waals surface area contributed by atoms with Gasteiger partial charge < -0.3 is 25.0 Å². The molecule has 0 bridgehead atoms. The first kappa shape index (κ1) is 24.7. The average molecular weight is 533 g/mol. The van der Waals surface area contributed by atoms with Gasteiger partial charge in [-0.05, 0) is 56.7 Å². The molecule has 6 heterocycles. The lowest BCUT2D eigenvalue weighted by atomic mass is 9.80. The zero-order chi connectivity index (χ0) is 26.4.